The normalized spacial score (nSPS) is 16.6. The predicted octanol–water partition coefficient (Wildman–Crippen LogP) is 7.02. The van der Waals surface area contributed by atoms with E-state index in [1.165, 1.54) is 43.5 Å². The molecular weight excluding hydrogens is 563 g/mol. The smallest absolute Gasteiger partial charge is 0.491 e. The quantitative estimate of drug-likeness (QED) is 0.183. The zero-order valence-electron chi connectivity index (χ0n) is 23.0. The minimum Gasteiger partial charge on any atom is -0.492 e. The van der Waals surface area contributed by atoms with Gasteiger partial charge in [-0.1, -0.05) is 36.8 Å². The molecule has 2 aliphatic rings. The number of fused-ring (bicyclic) bond motifs is 5. The molecule has 7 nitrogen and oxygen atoms in total. The molecule has 0 aliphatic carbocycles. The number of nitrogens with zero attached hydrogens (tertiary/aromatic N) is 1. The van der Waals surface area contributed by atoms with E-state index in [1.54, 1.807) is 24.3 Å². The molecule has 43 heavy (non-hydrogen) atoms. The number of carboxylic acids is 1. The fourth-order valence-electron chi connectivity index (χ4n) is 5.69. The van der Waals surface area contributed by atoms with Gasteiger partial charge in [-0.15, -0.1) is 0 Å². The van der Waals surface area contributed by atoms with E-state index in [1.807, 2.05) is 24.3 Å². The second-order valence-corrected chi connectivity index (χ2v) is 10.6. The maximum atomic E-state index is 12.8. The number of rotatable bonds is 7. The summed E-state index contributed by atoms with van der Waals surface area (Å²) in [5.41, 5.74) is 2.91. The SMILES string of the molecule is O=C(O)c1ccc2c(c1)-c1ccc3cc(OC(=O)C(F)(F)F)ccc3c1C(c1ccc(OCCN3CCCCC3)cc1)O2. The molecule has 0 radical (unpaired) electrons. The van der Waals surface area contributed by atoms with E-state index < -0.39 is 24.2 Å². The highest BCUT2D eigenvalue weighted by molar-refractivity contribution is 5.97. The van der Waals surface area contributed by atoms with Crippen LogP contribution in [0.2, 0.25) is 0 Å². The van der Waals surface area contributed by atoms with Crippen molar-refractivity contribution in [3.05, 3.63) is 89.5 Å². The first kappa shape index (κ1) is 28.5. The number of alkyl halides is 3. The van der Waals surface area contributed by atoms with Crippen molar-refractivity contribution in [3.63, 3.8) is 0 Å². The summed E-state index contributed by atoms with van der Waals surface area (Å²) >= 11 is 0. The molecule has 10 heteroatoms. The second kappa shape index (κ2) is 11.6. The lowest BCUT2D eigenvalue weighted by atomic mass is 9.85. The van der Waals surface area contributed by atoms with Gasteiger partial charge in [0.1, 0.15) is 23.9 Å². The summed E-state index contributed by atoms with van der Waals surface area (Å²) in [6.45, 7) is 3.63. The van der Waals surface area contributed by atoms with Gasteiger partial charge in [-0.3, -0.25) is 4.90 Å². The summed E-state index contributed by atoms with van der Waals surface area (Å²) in [4.78, 5) is 25.5. The van der Waals surface area contributed by atoms with Gasteiger partial charge in [0.05, 0.1) is 5.56 Å². The zero-order valence-corrected chi connectivity index (χ0v) is 23.0. The summed E-state index contributed by atoms with van der Waals surface area (Å²) in [5, 5.41) is 10.8. The number of esters is 1. The lowest BCUT2D eigenvalue weighted by molar-refractivity contribution is -0.189. The van der Waals surface area contributed by atoms with E-state index in [0.29, 0.717) is 34.3 Å². The molecular formula is C33H28F3NO6. The zero-order chi connectivity index (χ0) is 30.1. The molecule has 0 spiro atoms. The third-order valence-electron chi connectivity index (χ3n) is 7.81. The molecule has 1 fully saturated rings. The number of carbonyl (C=O) groups is 2. The molecule has 0 bridgehead atoms. The third-order valence-corrected chi connectivity index (χ3v) is 7.81. The van der Waals surface area contributed by atoms with Crippen molar-refractivity contribution < 1.29 is 42.1 Å². The number of ether oxygens (including phenoxy) is 3. The van der Waals surface area contributed by atoms with Crippen molar-refractivity contribution in [3.8, 4) is 28.4 Å². The summed E-state index contributed by atoms with van der Waals surface area (Å²) in [5.74, 6) is -2.42. The molecule has 2 aliphatic heterocycles. The van der Waals surface area contributed by atoms with Crippen LogP contribution < -0.4 is 14.2 Å². The Labute approximate surface area is 245 Å². The van der Waals surface area contributed by atoms with Crippen molar-refractivity contribution >= 4 is 22.7 Å². The Bertz CT molecular complexity index is 1680. The van der Waals surface area contributed by atoms with Crippen LogP contribution in [0.15, 0.2) is 72.8 Å². The van der Waals surface area contributed by atoms with Crippen molar-refractivity contribution in [1.82, 2.24) is 4.90 Å². The van der Waals surface area contributed by atoms with E-state index in [2.05, 4.69) is 9.64 Å². The Morgan fingerprint density at radius 3 is 2.35 bits per heavy atom. The molecule has 0 saturated carbocycles. The Morgan fingerprint density at radius 2 is 1.63 bits per heavy atom. The number of benzene rings is 4. The highest BCUT2D eigenvalue weighted by atomic mass is 19.4. The molecule has 222 valence electrons. The number of aromatic carboxylic acids is 1. The number of piperidine rings is 1. The van der Waals surface area contributed by atoms with E-state index in [4.69, 9.17) is 9.47 Å². The summed E-state index contributed by atoms with van der Waals surface area (Å²) < 4.78 is 55.3. The van der Waals surface area contributed by atoms with E-state index in [-0.39, 0.29) is 11.3 Å². The Balaban J connectivity index is 1.34. The Hall–Kier alpha value is -4.57. The summed E-state index contributed by atoms with van der Waals surface area (Å²) in [6.07, 6.45) is -2.04. The third kappa shape index (κ3) is 6.01. The predicted molar refractivity (Wildman–Crippen MR) is 153 cm³/mol. The van der Waals surface area contributed by atoms with Crippen LogP contribution in [0.1, 0.15) is 46.9 Å². The largest absolute Gasteiger partial charge is 0.492 e. The van der Waals surface area contributed by atoms with Gasteiger partial charge in [-0.25, -0.2) is 9.59 Å². The second-order valence-electron chi connectivity index (χ2n) is 10.6. The molecule has 1 saturated heterocycles. The van der Waals surface area contributed by atoms with Crippen LogP contribution in [0.25, 0.3) is 21.9 Å². The molecule has 4 aromatic carbocycles. The standard InChI is InChI=1S/C33H28F3NO6/c34-33(35,36)32(40)42-24-10-12-25-21(18-24)6-11-26-27-19-22(31(38)39)7-13-28(27)43-30(29(25)26)20-4-8-23(9-5-20)41-17-16-37-14-2-1-3-15-37/h4-13,18-19,30H,1-3,14-17H2,(H,38,39). The van der Waals surface area contributed by atoms with Gasteiger partial charge >= 0.3 is 18.1 Å². The fraction of sp³-hybridized carbons (Fsp3) is 0.273. The molecule has 6 rings (SSSR count). The van der Waals surface area contributed by atoms with E-state index >= 15 is 0 Å². The van der Waals surface area contributed by atoms with Gasteiger partial charge < -0.3 is 19.3 Å². The first-order valence-electron chi connectivity index (χ1n) is 14.0. The first-order chi connectivity index (χ1) is 20.7. The van der Waals surface area contributed by atoms with Gasteiger partial charge in [0.2, 0.25) is 0 Å². The Kier molecular flexibility index (Phi) is 7.70. The van der Waals surface area contributed by atoms with E-state index in [9.17, 15) is 27.9 Å². The maximum Gasteiger partial charge on any atom is 0.491 e. The number of hydrogen-bond donors (Lipinski definition) is 1. The van der Waals surface area contributed by atoms with Gasteiger partial charge in [-0.2, -0.15) is 13.2 Å². The Morgan fingerprint density at radius 1 is 0.884 bits per heavy atom. The number of carbonyl (C=O) groups excluding carboxylic acids is 1. The number of likely N-dealkylation sites (tertiary alicyclic amines) is 1. The van der Waals surface area contributed by atoms with Crippen LogP contribution in [0.3, 0.4) is 0 Å². The number of halogens is 3. The number of hydrogen-bond acceptors (Lipinski definition) is 6. The first-order valence-corrected chi connectivity index (χ1v) is 14.0. The molecule has 4 aromatic rings. The minimum absolute atomic E-state index is 0.0901. The summed E-state index contributed by atoms with van der Waals surface area (Å²) in [7, 11) is 0. The highest BCUT2D eigenvalue weighted by Crippen LogP contribution is 2.48. The average Bonchev–Trinajstić information content (AvgIpc) is 3.00. The average molecular weight is 592 g/mol. The fourth-order valence-corrected chi connectivity index (χ4v) is 5.69. The van der Waals surface area contributed by atoms with Crippen LogP contribution in [0.5, 0.6) is 17.2 Å². The number of carboxylic acid groups (broad SMARTS) is 1. The molecule has 0 amide bonds. The molecule has 1 N–H and O–H groups in total. The summed E-state index contributed by atoms with van der Waals surface area (Å²) in [6, 6.07) is 19.9. The van der Waals surface area contributed by atoms with Crippen molar-refractivity contribution in [2.24, 2.45) is 0 Å². The molecule has 2 heterocycles. The van der Waals surface area contributed by atoms with Crippen LogP contribution in [-0.2, 0) is 4.79 Å². The molecule has 0 aromatic heterocycles. The molecule has 1 unspecified atom stereocenters. The van der Waals surface area contributed by atoms with Crippen LogP contribution in [-0.4, -0.2) is 54.4 Å². The van der Waals surface area contributed by atoms with Gasteiger partial charge in [0.25, 0.3) is 0 Å². The highest BCUT2D eigenvalue weighted by Gasteiger charge is 2.41. The van der Waals surface area contributed by atoms with Gasteiger partial charge in [-0.05, 0) is 90.3 Å². The van der Waals surface area contributed by atoms with Gasteiger partial charge in [0, 0.05) is 17.7 Å². The van der Waals surface area contributed by atoms with Crippen molar-refractivity contribution in [1.29, 1.82) is 0 Å². The lowest BCUT2D eigenvalue weighted by Gasteiger charge is -2.31. The van der Waals surface area contributed by atoms with Crippen molar-refractivity contribution in [2.45, 2.75) is 31.5 Å². The van der Waals surface area contributed by atoms with Gasteiger partial charge in [0.15, 0.2) is 6.10 Å². The van der Waals surface area contributed by atoms with Crippen LogP contribution in [0, 0.1) is 0 Å². The lowest BCUT2D eigenvalue weighted by Crippen LogP contribution is -2.33. The van der Waals surface area contributed by atoms with E-state index in [0.717, 1.165) is 36.5 Å². The van der Waals surface area contributed by atoms with Crippen LogP contribution >= 0.6 is 0 Å². The van der Waals surface area contributed by atoms with Crippen molar-refractivity contribution in [2.75, 3.05) is 26.2 Å². The topological polar surface area (TPSA) is 85.3 Å². The maximum absolute atomic E-state index is 12.8. The monoisotopic (exact) mass is 591 g/mol. The molecule has 1 atom stereocenters. The minimum atomic E-state index is -5.13. The van der Waals surface area contributed by atoms with Crippen LogP contribution in [0.4, 0.5) is 13.2 Å².